The third-order valence-corrected chi connectivity index (χ3v) is 3.39. The summed E-state index contributed by atoms with van der Waals surface area (Å²) in [4.78, 5) is 14.3. The number of nitrogens with one attached hydrogen (secondary N) is 1. The van der Waals surface area contributed by atoms with E-state index in [0.29, 0.717) is 34.9 Å². The van der Waals surface area contributed by atoms with Crippen LogP contribution in [0.2, 0.25) is 0 Å². The second-order valence-electron chi connectivity index (χ2n) is 4.58. The van der Waals surface area contributed by atoms with Gasteiger partial charge in [-0.3, -0.25) is 10.1 Å². The molecule has 0 fully saturated rings. The fraction of sp³-hybridized carbons (Fsp3) is 0.583. The lowest BCUT2D eigenvalue weighted by atomic mass is 10.2. The fourth-order valence-electron chi connectivity index (χ4n) is 1.44. The summed E-state index contributed by atoms with van der Waals surface area (Å²) in [6.07, 6.45) is 1.26. The third kappa shape index (κ3) is 4.76. The number of ether oxygens (including phenoxy) is 1. The van der Waals surface area contributed by atoms with Gasteiger partial charge in [-0.05, 0) is 28.8 Å². The van der Waals surface area contributed by atoms with Crippen molar-refractivity contribution in [1.82, 2.24) is 4.98 Å². The highest BCUT2D eigenvalue weighted by Crippen LogP contribution is 2.30. The van der Waals surface area contributed by atoms with Gasteiger partial charge in [0.1, 0.15) is 12.0 Å². The number of halogens is 1. The molecular weight excluding hydrogens is 314 g/mol. The molecule has 1 aromatic heterocycles. The summed E-state index contributed by atoms with van der Waals surface area (Å²) in [6, 6.07) is 0. The largest absolute Gasteiger partial charge is 0.379 e. The number of hydrogen-bond acceptors (Lipinski definition) is 5. The molecule has 7 heteroatoms. The number of rotatable bonds is 7. The van der Waals surface area contributed by atoms with E-state index in [0.717, 1.165) is 6.61 Å². The first-order valence-corrected chi connectivity index (χ1v) is 6.84. The van der Waals surface area contributed by atoms with Gasteiger partial charge >= 0.3 is 0 Å². The lowest BCUT2D eigenvalue weighted by molar-refractivity contribution is -0.385. The van der Waals surface area contributed by atoms with Crippen LogP contribution in [0.25, 0.3) is 0 Å². The van der Waals surface area contributed by atoms with Crippen LogP contribution in [-0.4, -0.2) is 29.7 Å². The summed E-state index contributed by atoms with van der Waals surface area (Å²) in [5.41, 5.74) is 0.569. The minimum absolute atomic E-state index is 0.00785. The molecule has 1 rings (SSSR count). The molecule has 0 unspecified atom stereocenters. The van der Waals surface area contributed by atoms with Crippen molar-refractivity contribution in [2.45, 2.75) is 20.8 Å². The SMILES string of the molecule is Cc1c([N+](=O)[O-])cnc(NCCOCC(C)C)c1Br. The van der Waals surface area contributed by atoms with Gasteiger partial charge < -0.3 is 10.1 Å². The van der Waals surface area contributed by atoms with Gasteiger partial charge in [0.05, 0.1) is 16.0 Å². The Kier molecular flexibility index (Phi) is 6.17. The lowest BCUT2D eigenvalue weighted by Crippen LogP contribution is -2.13. The summed E-state index contributed by atoms with van der Waals surface area (Å²) >= 11 is 3.32. The number of hydrogen-bond donors (Lipinski definition) is 1. The van der Waals surface area contributed by atoms with Crippen LogP contribution < -0.4 is 5.32 Å². The molecule has 106 valence electrons. The molecule has 0 bridgehead atoms. The van der Waals surface area contributed by atoms with Crippen LogP contribution in [0.1, 0.15) is 19.4 Å². The van der Waals surface area contributed by atoms with Crippen LogP contribution in [0.15, 0.2) is 10.7 Å². The van der Waals surface area contributed by atoms with Gasteiger partial charge in [0.25, 0.3) is 5.69 Å². The Morgan fingerprint density at radius 3 is 2.84 bits per heavy atom. The molecule has 1 aromatic rings. The average molecular weight is 332 g/mol. The lowest BCUT2D eigenvalue weighted by Gasteiger charge is -2.10. The Balaban J connectivity index is 2.56. The van der Waals surface area contributed by atoms with E-state index in [2.05, 4.69) is 40.1 Å². The minimum Gasteiger partial charge on any atom is -0.379 e. The van der Waals surface area contributed by atoms with Crippen molar-refractivity contribution in [2.24, 2.45) is 5.92 Å². The fourth-order valence-corrected chi connectivity index (χ4v) is 1.88. The molecule has 0 saturated heterocycles. The van der Waals surface area contributed by atoms with Gasteiger partial charge in [-0.2, -0.15) is 0 Å². The van der Waals surface area contributed by atoms with E-state index in [4.69, 9.17) is 4.74 Å². The average Bonchev–Trinajstić information content (AvgIpc) is 2.33. The van der Waals surface area contributed by atoms with Crippen molar-refractivity contribution in [2.75, 3.05) is 25.1 Å². The minimum atomic E-state index is -0.442. The topological polar surface area (TPSA) is 77.3 Å². The number of anilines is 1. The van der Waals surface area contributed by atoms with E-state index in [1.54, 1.807) is 6.92 Å². The van der Waals surface area contributed by atoms with E-state index >= 15 is 0 Å². The van der Waals surface area contributed by atoms with Crippen molar-refractivity contribution in [3.63, 3.8) is 0 Å². The molecule has 0 atom stereocenters. The summed E-state index contributed by atoms with van der Waals surface area (Å²) in [7, 11) is 0. The smallest absolute Gasteiger partial charge is 0.291 e. The van der Waals surface area contributed by atoms with Gasteiger partial charge in [-0.15, -0.1) is 0 Å². The zero-order valence-electron chi connectivity index (χ0n) is 11.3. The highest BCUT2D eigenvalue weighted by Gasteiger charge is 2.16. The number of pyridine rings is 1. The summed E-state index contributed by atoms with van der Waals surface area (Å²) in [5.74, 6) is 1.10. The first kappa shape index (κ1) is 15.8. The van der Waals surface area contributed by atoms with Crippen LogP contribution in [-0.2, 0) is 4.74 Å². The normalized spacial score (nSPS) is 10.8. The molecule has 1 N–H and O–H groups in total. The molecule has 1 heterocycles. The van der Waals surface area contributed by atoms with Crippen molar-refractivity contribution >= 4 is 27.4 Å². The van der Waals surface area contributed by atoms with E-state index in [1.807, 2.05) is 0 Å². The van der Waals surface area contributed by atoms with Gasteiger partial charge in [0.15, 0.2) is 0 Å². The van der Waals surface area contributed by atoms with Crippen LogP contribution in [0.5, 0.6) is 0 Å². The second-order valence-corrected chi connectivity index (χ2v) is 5.38. The Labute approximate surface area is 120 Å². The maximum Gasteiger partial charge on any atom is 0.291 e. The Morgan fingerprint density at radius 1 is 1.58 bits per heavy atom. The highest BCUT2D eigenvalue weighted by molar-refractivity contribution is 9.10. The third-order valence-electron chi connectivity index (χ3n) is 2.42. The molecule has 0 spiro atoms. The molecule has 19 heavy (non-hydrogen) atoms. The second kappa shape index (κ2) is 7.40. The zero-order chi connectivity index (χ0) is 14.4. The van der Waals surface area contributed by atoms with E-state index in [-0.39, 0.29) is 5.69 Å². The summed E-state index contributed by atoms with van der Waals surface area (Å²) in [5, 5.41) is 13.8. The Morgan fingerprint density at radius 2 is 2.26 bits per heavy atom. The molecule has 0 saturated carbocycles. The van der Waals surface area contributed by atoms with E-state index in [1.165, 1.54) is 6.20 Å². The molecule has 0 aliphatic carbocycles. The summed E-state index contributed by atoms with van der Waals surface area (Å²) < 4.78 is 6.05. The summed E-state index contributed by atoms with van der Waals surface area (Å²) in [6.45, 7) is 7.76. The van der Waals surface area contributed by atoms with Gasteiger partial charge in [-0.25, -0.2) is 4.98 Å². The molecule has 6 nitrogen and oxygen atoms in total. The van der Waals surface area contributed by atoms with Crippen molar-refractivity contribution in [1.29, 1.82) is 0 Å². The first-order valence-electron chi connectivity index (χ1n) is 6.04. The van der Waals surface area contributed by atoms with Gasteiger partial charge in [0.2, 0.25) is 0 Å². The van der Waals surface area contributed by atoms with Crippen molar-refractivity contribution in [3.05, 3.63) is 26.3 Å². The van der Waals surface area contributed by atoms with Gasteiger partial charge in [-0.1, -0.05) is 13.8 Å². The van der Waals surface area contributed by atoms with Gasteiger partial charge in [0, 0.05) is 18.7 Å². The highest BCUT2D eigenvalue weighted by atomic mass is 79.9. The molecule has 0 aliphatic heterocycles. The van der Waals surface area contributed by atoms with E-state index in [9.17, 15) is 10.1 Å². The van der Waals surface area contributed by atoms with E-state index < -0.39 is 4.92 Å². The maximum atomic E-state index is 10.8. The predicted octanol–water partition coefficient (Wildman–Crippen LogP) is 3.15. The molecule has 0 amide bonds. The van der Waals surface area contributed by atoms with Crippen LogP contribution in [0.4, 0.5) is 11.5 Å². The number of nitrogens with zero attached hydrogens (tertiary/aromatic N) is 2. The standard InChI is InChI=1S/C12H18BrN3O3/c1-8(2)7-19-5-4-14-12-11(13)9(3)10(6-15-12)16(17)18/h6,8H,4-5,7H2,1-3H3,(H,14,15). The molecular formula is C12H18BrN3O3. The maximum absolute atomic E-state index is 10.8. The number of nitro groups is 1. The van der Waals surface area contributed by atoms with Crippen LogP contribution in [0.3, 0.4) is 0 Å². The van der Waals surface area contributed by atoms with Crippen LogP contribution in [0, 0.1) is 23.0 Å². The number of aromatic nitrogens is 1. The van der Waals surface area contributed by atoms with Crippen molar-refractivity contribution in [3.8, 4) is 0 Å². The first-order chi connectivity index (χ1) is 8.93. The molecule has 0 radical (unpaired) electrons. The quantitative estimate of drug-likeness (QED) is 0.471. The molecule has 0 aliphatic rings. The molecule has 0 aromatic carbocycles. The van der Waals surface area contributed by atoms with Crippen molar-refractivity contribution < 1.29 is 9.66 Å². The Hall–Kier alpha value is -1.21. The predicted molar refractivity (Wildman–Crippen MR) is 77.5 cm³/mol. The monoisotopic (exact) mass is 331 g/mol. The zero-order valence-corrected chi connectivity index (χ0v) is 12.9. The van der Waals surface area contributed by atoms with Crippen LogP contribution >= 0.6 is 15.9 Å². The Bertz CT molecular complexity index is 452.